The second-order valence-electron chi connectivity index (χ2n) is 6.97. The van der Waals surface area contributed by atoms with E-state index < -0.39 is 0 Å². The summed E-state index contributed by atoms with van der Waals surface area (Å²) in [7, 11) is 0. The predicted octanol–water partition coefficient (Wildman–Crippen LogP) is 3.51. The first-order valence-electron chi connectivity index (χ1n) is 9.62. The number of carbonyl (C=O) groups excluding carboxylic acids is 1. The quantitative estimate of drug-likeness (QED) is 0.684. The standard InChI is InChI=1S/C22H24N4O/c27-22(24-11-6-14-26-12-3-4-13-26)19-15-21(17-7-5-10-23-16-17)25-20-9-2-1-8-18(19)20/h1-2,5,7-10,15-16H,3-4,6,11-14H2,(H,24,27). The smallest absolute Gasteiger partial charge is 0.252 e. The van der Waals surface area contributed by atoms with Crippen molar-refractivity contribution in [1.29, 1.82) is 0 Å². The van der Waals surface area contributed by atoms with E-state index in [0.29, 0.717) is 12.1 Å². The maximum absolute atomic E-state index is 12.9. The molecule has 1 aliphatic heterocycles. The highest BCUT2D eigenvalue weighted by Crippen LogP contribution is 2.24. The van der Waals surface area contributed by atoms with Crippen LogP contribution >= 0.6 is 0 Å². The lowest BCUT2D eigenvalue weighted by atomic mass is 10.0. The summed E-state index contributed by atoms with van der Waals surface area (Å²) in [5, 5.41) is 3.96. The third-order valence-electron chi connectivity index (χ3n) is 5.05. The van der Waals surface area contributed by atoms with E-state index in [1.165, 1.54) is 25.9 Å². The third kappa shape index (κ3) is 4.14. The fourth-order valence-electron chi connectivity index (χ4n) is 3.63. The van der Waals surface area contributed by atoms with E-state index in [0.717, 1.165) is 35.1 Å². The number of hydrogen-bond acceptors (Lipinski definition) is 4. The number of amides is 1. The van der Waals surface area contributed by atoms with Crippen molar-refractivity contribution >= 4 is 16.8 Å². The number of nitrogens with one attached hydrogen (secondary N) is 1. The Morgan fingerprint density at radius 1 is 1.11 bits per heavy atom. The van der Waals surface area contributed by atoms with E-state index in [4.69, 9.17) is 4.98 Å². The molecule has 5 heteroatoms. The third-order valence-corrected chi connectivity index (χ3v) is 5.05. The zero-order valence-corrected chi connectivity index (χ0v) is 15.4. The van der Waals surface area contributed by atoms with Gasteiger partial charge < -0.3 is 10.2 Å². The number of likely N-dealkylation sites (tertiary alicyclic amines) is 1. The van der Waals surface area contributed by atoms with Gasteiger partial charge in [-0.15, -0.1) is 0 Å². The molecule has 1 saturated heterocycles. The number of pyridine rings is 2. The minimum atomic E-state index is -0.0415. The summed E-state index contributed by atoms with van der Waals surface area (Å²) in [5.41, 5.74) is 3.16. The lowest BCUT2D eigenvalue weighted by Crippen LogP contribution is -2.28. The van der Waals surface area contributed by atoms with E-state index in [1.54, 1.807) is 12.4 Å². The van der Waals surface area contributed by atoms with Gasteiger partial charge in [0.05, 0.1) is 16.8 Å². The van der Waals surface area contributed by atoms with Gasteiger partial charge in [0.1, 0.15) is 0 Å². The van der Waals surface area contributed by atoms with Crippen LogP contribution in [0.4, 0.5) is 0 Å². The molecule has 1 fully saturated rings. The number of benzene rings is 1. The molecule has 2 aromatic heterocycles. The molecule has 138 valence electrons. The van der Waals surface area contributed by atoms with Crippen LogP contribution in [-0.4, -0.2) is 47.0 Å². The fraction of sp³-hybridized carbons (Fsp3) is 0.318. The molecule has 1 N–H and O–H groups in total. The zero-order chi connectivity index (χ0) is 18.5. The second-order valence-corrected chi connectivity index (χ2v) is 6.97. The Labute approximate surface area is 159 Å². The molecular formula is C22H24N4O. The van der Waals surface area contributed by atoms with Crippen LogP contribution < -0.4 is 5.32 Å². The summed E-state index contributed by atoms with van der Waals surface area (Å²) in [5.74, 6) is -0.0415. The van der Waals surface area contributed by atoms with Crippen LogP contribution in [0.15, 0.2) is 54.9 Å². The van der Waals surface area contributed by atoms with Crippen LogP contribution in [-0.2, 0) is 0 Å². The van der Waals surface area contributed by atoms with Crippen LogP contribution in [0, 0.1) is 0 Å². The van der Waals surface area contributed by atoms with Gasteiger partial charge in [0.2, 0.25) is 0 Å². The number of rotatable bonds is 6. The fourth-order valence-corrected chi connectivity index (χ4v) is 3.63. The van der Waals surface area contributed by atoms with E-state index >= 15 is 0 Å². The van der Waals surface area contributed by atoms with Crippen molar-refractivity contribution < 1.29 is 4.79 Å². The van der Waals surface area contributed by atoms with Crippen molar-refractivity contribution in [1.82, 2.24) is 20.2 Å². The first-order chi connectivity index (χ1) is 13.3. The number of nitrogens with zero attached hydrogens (tertiary/aromatic N) is 3. The molecule has 0 aliphatic carbocycles. The maximum atomic E-state index is 12.9. The number of para-hydroxylation sites is 1. The molecule has 27 heavy (non-hydrogen) atoms. The highest BCUT2D eigenvalue weighted by molar-refractivity contribution is 6.07. The first-order valence-corrected chi connectivity index (χ1v) is 9.62. The summed E-state index contributed by atoms with van der Waals surface area (Å²) >= 11 is 0. The normalized spacial score (nSPS) is 14.5. The molecule has 1 aliphatic rings. The monoisotopic (exact) mass is 360 g/mol. The first kappa shape index (κ1) is 17.6. The molecule has 3 heterocycles. The van der Waals surface area contributed by atoms with Gasteiger partial charge in [0.25, 0.3) is 5.91 Å². The largest absolute Gasteiger partial charge is 0.352 e. The molecule has 0 bridgehead atoms. The molecule has 3 aromatic rings. The summed E-state index contributed by atoms with van der Waals surface area (Å²) in [6.45, 7) is 4.13. The van der Waals surface area contributed by atoms with Crippen molar-refractivity contribution in [3.8, 4) is 11.3 Å². The molecule has 0 atom stereocenters. The van der Waals surface area contributed by atoms with Crippen LogP contribution in [0.25, 0.3) is 22.2 Å². The Hall–Kier alpha value is -2.79. The maximum Gasteiger partial charge on any atom is 0.252 e. The Bertz CT molecular complexity index is 920. The topological polar surface area (TPSA) is 58.1 Å². The second kappa shape index (κ2) is 8.27. The average Bonchev–Trinajstić information content (AvgIpc) is 3.24. The van der Waals surface area contributed by atoms with Crippen LogP contribution in [0.2, 0.25) is 0 Å². The van der Waals surface area contributed by atoms with Crippen molar-refractivity contribution in [3.63, 3.8) is 0 Å². The molecule has 0 saturated carbocycles. The Morgan fingerprint density at radius 2 is 1.96 bits per heavy atom. The Balaban J connectivity index is 1.53. The SMILES string of the molecule is O=C(NCCCN1CCCC1)c1cc(-c2cccnc2)nc2ccccc12. The zero-order valence-electron chi connectivity index (χ0n) is 15.4. The predicted molar refractivity (Wildman–Crippen MR) is 108 cm³/mol. The van der Waals surface area contributed by atoms with Gasteiger partial charge in [-0.1, -0.05) is 18.2 Å². The van der Waals surface area contributed by atoms with Gasteiger partial charge in [-0.25, -0.2) is 4.98 Å². The highest BCUT2D eigenvalue weighted by Gasteiger charge is 2.14. The van der Waals surface area contributed by atoms with Crippen molar-refractivity contribution in [2.24, 2.45) is 0 Å². The highest BCUT2D eigenvalue weighted by atomic mass is 16.1. The number of aromatic nitrogens is 2. The summed E-state index contributed by atoms with van der Waals surface area (Å²) < 4.78 is 0. The molecule has 4 rings (SSSR count). The molecule has 5 nitrogen and oxygen atoms in total. The van der Waals surface area contributed by atoms with Gasteiger partial charge in [-0.05, 0) is 63.2 Å². The van der Waals surface area contributed by atoms with Crippen molar-refractivity contribution in [3.05, 3.63) is 60.4 Å². The number of carbonyl (C=O) groups is 1. The molecule has 1 aromatic carbocycles. The van der Waals surface area contributed by atoms with Gasteiger partial charge in [0.15, 0.2) is 0 Å². The van der Waals surface area contributed by atoms with Crippen molar-refractivity contribution in [2.45, 2.75) is 19.3 Å². The summed E-state index contributed by atoms with van der Waals surface area (Å²) in [6, 6.07) is 13.5. The van der Waals surface area contributed by atoms with Gasteiger partial charge >= 0.3 is 0 Å². The van der Waals surface area contributed by atoms with Crippen molar-refractivity contribution in [2.75, 3.05) is 26.2 Å². The van der Waals surface area contributed by atoms with Crippen LogP contribution in [0.1, 0.15) is 29.6 Å². The van der Waals surface area contributed by atoms with Gasteiger partial charge in [0, 0.05) is 29.9 Å². The lowest BCUT2D eigenvalue weighted by Gasteiger charge is -2.15. The van der Waals surface area contributed by atoms with E-state index in [1.807, 2.05) is 42.5 Å². The molecule has 0 radical (unpaired) electrons. The van der Waals surface area contributed by atoms with Gasteiger partial charge in [-0.2, -0.15) is 0 Å². The Morgan fingerprint density at radius 3 is 2.78 bits per heavy atom. The number of fused-ring (bicyclic) bond motifs is 1. The lowest BCUT2D eigenvalue weighted by molar-refractivity contribution is 0.0953. The van der Waals surface area contributed by atoms with E-state index in [9.17, 15) is 4.79 Å². The van der Waals surface area contributed by atoms with Crippen LogP contribution in [0.3, 0.4) is 0 Å². The van der Waals surface area contributed by atoms with Gasteiger partial charge in [-0.3, -0.25) is 9.78 Å². The minimum absolute atomic E-state index is 0.0415. The Kier molecular flexibility index (Phi) is 5.39. The minimum Gasteiger partial charge on any atom is -0.352 e. The molecule has 0 spiro atoms. The van der Waals surface area contributed by atoms with Crippen LogP contribution in [0.5, 0.6) is 0 Å². The summed E-state index contributed by atoms with van der Waals surface area (Å²) in [4.78, 5) is 24.2. The number of hydrogen-bond donors (Lipinski definition) is 1. The molecule has 0 unspecified atom stereocenters. The molecular weight excluding hydrogens is 336 g/mol. The average molecular weight is 360 g/mol. The van der Waals surface area contributed by atoms with E-state index in [-0.39, 0.29) is 5.91 Å². The molecule has 1 amide bonds. The summed E-state index contributed by atoms with van der Waals surface area (Å²) in [6.07, 6.45) is 7.08. The van der Waals surface area contributed by atoms with E-state index in [2.05, 4.69) is 15.2 Å².